The van der Waals surface area contributed by atoms with E-state index in [0.29, 0.717) is 0 Å². The van der Waals surface area contributed by atoms with E-state index in [0.717, 1.165) is 0 Å². The molecule has 0 bridgehead atoms. The van der Waals surface area contributed by atoms with Crippen molar-refractivity contribution in [3.63, 3.8) is 0 Å². The van der Waals surface area contributed by atoms with Crippen molar-refractivity contribution in [2.75, 3.05) is 0 Å². The molecular formula is C17H27. The van der Waals surface area contributed by atoms with Crippen LogP contribution in [0, 0.1) is 6.42 Å². The van der Waals surface area contributed by atoms with Crippen LogP contribution in [0.15, 0.2) is 24.3 Å². The SMILES string of the molecule is CCCCC[CH]c1ccccc1CCCCC. The van der Waals surface area contributed by atoms with Gasteiger partial charge in [-0.3, -0.25) is 0 Å². The molecule has 0 aliphatic rings. The van der Waals surface area contributed by atoms with Crippen LogP contribution in [0.2, 0.25) is 0 Å². The maximum absolute atomic E-state index is 2.43. The highest BCUT2D eigenvalue weighted by Crippen LogP contribution is 2.17. The molecular weight excluding hydrogens is 204 g/mol. The third-order valence-corrected chi connectivity index (χ3v) is 3.28. The highest BCUT2D eigenvalue weighted by Gasteiger charge is 2.01. The number of benzene rings is 1. The van der Waals surface area contributed by atoms with Gasteiger partial charge in [-0.05, 0) is 36.8 Å². The van der Waals surface area contributed by atoms with Crippen LogP contribution in [0.5, 0.6) is 0 Å². The third-order valence-electron chi connectivity index (χ3n) is 3.28. The molecule has 17 heavy (non-hydrogen) atoms. The van der Waals surface area contributed by atoms with Gasteiger partial charge in [0.1, 0.15) is 0 Å². The summed E-state index contributed by atoms with van der Waals surface area (Å²) in [7, 11) is 0. The van der Waals surface area contributed by atoms with Crippen LogP contribution in [-0.2, 0) is 6.42 Å². The molecule has 0 amide bonds. The fourth-order valence-corrected chi connectivity index (χ4v) is 2.18. The van der Waals surface area contributed by atoms with Crippen molar-refractivity contribution in [1.29, 1.82) is 0 Å². The van der Waals surface area contributed by atoms with Gasteiger partial charge in [-0.1, -0.05) is 70.2 Å². The van der Waals surface area contributed by atoms with Crippen molar-refractivity contribution in [2.24, 2.45) is 0 Å². The first-order valence-electron chi connectivity index (χ1n) is 7.29. The minimum absolute atomic E-state index is 1.23. The van der Waals surface area contributed by atoms with Gasteiger partial charge in [0.15, 0.2) is 0 Å². The molecule has 0 heteroatoms. The second kappa shape index (κ2) is 9.27. The van der Waals surface area contributed by atoms with Crippen LogP contribution in [0.4, 0.5) is 0 Å². The molecule has 95 valence electrons. The highest BCUT2D eigenvalue weighted by atomic mass is 14.1. The van der Waals surface area contributed by atoms with Gasteiger partial charge in [0, 0.05) is 0 Å². The molecule has 0 saturated carbocycles. The number of hydrogen-bond acceptors (Lipinski definition) is 0. The Morgan fingerprint density at radius 3 is 2.35 bits per heavy atom. The third kappa shape index (κ3) is 5.91. The van der Waals surface area contributed by atoms with E-state index >= 15 is 0 Å². The zero-order chi connectivity index (χ0) is 12.3. The predicted octanol–water partition coefficient (Wildman–Crippen LogP) is 5.55. The average Bonchev–Trinajstić information content (AvgIpc) is 2.36. The highest BCUT2D eigenvalue weighted by molar-refractivity contribution is 5.32. The smallest absolute Gasteiger partial charge is 0.00903 e. The molecule has 0 spiro atoms. The summed E-state index contributed by atoms with van der Waals surface area (Å²) in [5.41, 5.74) is 3.01. The number of unbranched alkanes of at least 4 members (excludes halogenated alkanes) is 5. The molecule has 0 saturated heterocycles. The zero-order valence-electron chi connectivity index (χ0n) is 11.5. The van der Waals surface area contributed by atoms with E-state index in [1.54, 1.807) is 0 Å². The van der Waals surface area contributed by atoms with Crippen LogP contribution in [-0.4, -0.2) is 0 Å². The van der Waals surface area contributed by atoms with Crippen molar-refractivity contribution < 1.29 is 0 Å². The first kappa shape index (κ1) is 14.3. The Labute approximate surface area is 107 Å². The van der Waals surface area contributed by atoms with Crippen molar-refractivity contribution in [3.8, 4) is 0 Å². The van der Waals surface area contributed by atoms with Crippen LogP contribution >= 0.6 is 0 Å². The second-order valence-electron chi connectivity index (χ2n) is 4.86. The Bertz CT molecular complexity index is 288. The summed E-state index contributed by atoms with van der Waals surface area (Å²) >= 11 is 0. The number of rotatable bonds is 9. The average molecular weight is 231 g/mol. The Morgan fingerprint density at radius 1 is 0.882 bits per heavy atom. The predicted molar refractivity (Wildman–Crippen MR) is 77.2 cm³/mol. The van der Waals surface area contributed by atoms with Gasteiger partial charge in [0.25, 0.3) is 0 Å². The van der Waals surface area contributed by atoms with Crippen molar-refractivity contribution >= 4 is 0 Å². The van der Waals surface area contributed by atoms with E-state index in [4.69, 9.17) is 0 Å². The van der Waals surface area contributed by atoms with E-state index < -0.39 is 0 Å². The standard InChI is InChI=1S/C17H27/c1-3-5-7-9-13-17-15-11-10-14-16(17)12-8-6-4-2/h10-11,13-15H,3-9,12H2,1-2H3. The lowest BCUT2D eigenvalue weighted by molar-refractivity contribution is 0.704. The monoisotopic (exact) mass is 231 g/mol. The summed E-state index contributed by atoms with van der Waals surface area (Å²) in [5.74, 6) is 0. The van der Waals surface area contributed by atoms with Gasteiger partial charge in [-0.25, -0.2) is 0 Å². The fraction of sp³-hybridized carbons (Fsp3) is 0.588. The summed E-state index contributed by atoms with van der Waals surface area (Å²) in [5, 5.41) is 0. The topological polar surface area (TPSA) is 0 Å². The van der Waals surface area contributed by atoms with E-state index in [1.165, 1.54) is 62.5 Å². The maximum atomic E-state index is 2.43. The zero-order valence-corrected chi connectivity index (χ0v) is 11.5. The fourth-order valence-electron chi connectivity index (χ4n) is 2.18. The Hall–Kier alpha value is -0.780. The van der Waals surface area contributed by atoms with Crippen molar-refractivity contribution in [1.82, 2.24) is 0 Å². The molecule has 0 unspecified atom stereocenters. The van der Waals surface area contributed by atoms with E-state index in [2.05, 4.69) is 44.5 Å². The molecule has 0 nitrogen and oxygen atoms in total. The number of aryl methyl sites for hydroxylation is 1. The van der Waals surface area contributed by atoms with Gasteiger partial charge < -0.3 is 0 Å². The van der Waals surface area contributed by atoms with Crippen molar-refractivity contribution in [2.45, 2.75) is 65.2 Å². The van der Waals surface area contributed by atoms with Crippen LogP contribution in [0.25, 0.3) is 0 Å². The molecule has 0 N–H and O–H groups in total. The van der Waals surface area contributed by atoms with Gasteiger partial charge >= 0.3 is 0 Å². The molecule has 1 radical (unpaired) electrons. The van der Waals surface area contributed by atoms with E-state index in [1.807, 2.05) is 0 Å². The van der Waals surface area contributed by atoms with Crippen LogP contribution in [0.3, 0.4) is 0 Å². The largest absolute Gasteiger partial charge is 0.0654 e. The molecule has 0 heterocycles. The van der Waals surface area contributed by atoms with Gasteiger partial charge in [-0.2, -0.15) is 0 Å². The molecule has 0 aliphatic heterocycles. The lowest BCUT2D eigenvalue weighted by atomic mass is 9.97. The summed E-state index contributed by atoms with van der Waals surface area (Å²) < 4.78 is 0. The van der Waals surface area contributed by atoms with Gasteiger partial charge in [0.2, 0.25) is 0 Å². The molecule has 0 aromatic heterocycles. The van der Waals surface area contributed by atoms with Crippen LogP contribution in [0.1, 0.15) is 69.9 Å². The first-order valence-corrected chi connectivity index (χ1v) is 7.29. The molecule has 0 aliphatic carbocycles. The van der Waals surface area contributed by atoms with E-state index in [9.17, 15) is 0 Å². The lowest BCUT2D eigenvalue weighted by Gasteiger charge is -2.08. The first-order chi connectivity index (χ1) is 8.38. The van der Waals surface area contributed by atoms with Crippen molar-refractivity contribution in [3.05, 3.63) is 41.8 Å². The lowest BCUT2D eigenvalue weighted by Crippen LogP contribution is -1.93. The normalized spacial score (nSPS) is 10.7. The van der Waals surface area contributed by atoms with Gasteiger partial charge in [-0.15, -0.1) is 0 Å². The van der Waals surface area contributed by atoms with Crippen LogP contribution < -0.4 is 0 Å². The summed E-state index contributed by atoms with van der Waals surface area (Å²) in [6, 6.07) is 8.90. The molecule has 1 aromatic carbocycles. The minimum Gasteiger partial charge on any atom is -0.0654 e. The Kier molecular flexibility index (Phi) is 7.79. The summed E-state index contributed by atoms with van der Waals surface area (Å²) in [4.78, 5) is 0. The molecule has 1 rings (SSSR count). The second-order valence-corrected chi connectivity index (χ2v) is 4.86. The summed E-state index contributed by atoms with van der Waals surface area (Å²) in [6.45, 7) is 4.53. The minimum atomic E-state index is 1.23. The summed E-state index contributed by atoms with van der Waals surface area (Å²) in [6.07, 6.45) is 12.9. The van der Waals surface area contributed by atoms with E-state index in [-0.39, 0.29) is 0 Å². The maximum Gasteiger partial charge on any atom is -0.00903 e. The molecule has 0 atom stereocenters. The van der Waals surface area contributed by atoms with Gasteiger partial charge in [0.05, 0.1) is 0 Å². The molecule has 0 fully saturated rings. The Balaban J connectivity index is 2.40. The molecule has 1 aromatic rings. The number of hydrogen-bond donors (Lipinski definition) is 0. The Morgan fingerprint density at radius 2 is 1.59 bits per heavy atom. The quantitative estimate of drug-likeness (QED) is 0.489.